The second kappa shape index (κ2) is 3.74. The maximum absolute atomic E-state index is 11.4. The molecule has 0 aliphatic rings. The number of hydrogen-bond donors (Lipinski definition) is 3. The lowest BCUT2D eigenvalue weighted by Gasteiger charge is -2.02. The van der Waals surface area contributed by atoms with Gasteiger partial charge in [-0.15, -0.1) is 10.2 Å². The number of nitrogens with zero attached hydrogens (tertiary/aromatic N) is 3. The lowest BCUT2D eigenvalue weighted by atomic mass is 10.3. The topological polar surface area (TPSA) is 110 Å². The van der Waals surface area contributed by atoms with Crippen LogP contribution in [0.5, 0.6) is 0 Å². The summed E-state index contributed by atoms with van der Waals surface area (Å²) < 4.78 is 0. The summed E-state index contributed by atoms with van der Waals surface area (Å²) in [5, 5.41) is 15.1. The van der Waals surface area contributed by atoms with E-state index in [-0.39, 0.29) is 5.82 Å². The number of anilines is 2. The van der Waals surface area contributed by atoms with E-state index in [1.165, 1.54) is 0 Å². The van der Waals surface area contributed by atoms with E-state index in [4.69, 9.17) is 5.73 Å². The predicted molar refractivity (Wildman–Crippen MR) is 53.0 cm³/mol. The quantitative estimate of drug-likeness (QED) is 0.598. The SMILES string of the molecule is Nc1cccc(NC(=O)c2nn[nH]n2)c1. The molecule has 0 atom stereocenters. The number of amides is 1. The number of aromatic amines is 1. The van der Waals surface area contributed by atoms with E-state index in [0.717, 1.165) is 0 Å². The molecule has 76 valence electrons. The first-order valence-corrected chi connectivity index (χ1v) is 4.16. The third-order valence-corrected chi connectivity index (χ3v) is 1.69. The van der Waals surface area contributed by atoms with E-state index in [0.29, 0.717) is 11.4 Å². The minimum atomic E-state index is -0.436. The summed E-state index contributed by atoms with van der Waals surface area (Å²) in [4.78, 5) is 11.4. The first kappa shape index (κ1) is 9.13. The van der Waals surface area contributed by atoms with Gasteiger partial charge in [-0.25, -0.2) is 0 Å². The van der Waals surface area contributed by atoms with Crippen LogP contribution in [0.2, 0.25) is 0 Å². The zero-order valence-electron chi connectivity index (χ0n) is 7.64. The molecule has 0 bridgehead atoms. The highest BCUT2D eigenvalue weighted by Crippen LogP contribution is 2.11. The Hall–Kier alpha value is -2.44. The Labute approximate surface area is 84.7 Å². The predicted octanol–water partition coefficient (Wildman–Crippen LogP) is 0.0342. The van der Waals surface area contributed by atoms with Crippen LogP contribution in [0.4, 0.5) is 11.4 Å². The second-order valence-electron chi connectivity index (χ2n) is 2.81. The van der Waals surface area contributed by atoms with E-state index < -0.39 is 5.91 Å². The fourth-order valence-corrected chi connectivity index (χ4v) is 1.06. The molecule has 0 radical (unpaired) electrons. The van der Waals surface area contributed by atoms with Crippen molar-refractivity contribution in [1.82, 2.24) is 20.6 Å². The van der Waals surface area contributed by atoms with Crippen LogP contribution in [0.25, 0.3) is 0 Å². The number of nitrogens with one attached hydrogen (secondary N) is 2. The Bertz CT molecular complexity index is 466. The lowest BCUT2D eigenvalue weighted by molar-refractivity contribution is 0.101. The Kier molecular flexibility index (Phi) is 2.28. The van der Waals surface area contributed by atoms with Gasteiger partial charge in [0.05, 0.1) is 0 Å². The van der Waals surface area contributed by atoms with Crippen LogP contribution in [0.15, 0.2) is 24.3 Å². The van der Waals surface area contributed by atoms with Gasteiger partial charge in [-0.1, -0.05) is 6.07 Å². The van der Waals surface area contributed by atoms with E-state index in [1.807, 2.05) is 0 Å². The van der Waals surface area contributed by atoms with Crippen molar-refractivity contribution in [2.75, 3.05) is 11.1 Å². The number of nitrogen functional groups attached to an aromatic ring is 1. The van der Waals surface area contributed by atoms with Crippen molar-refractivity contribution in [2.24, 2.45) is 0 Å². The van der Waals surface area contributed by atoms with Crippen molar-refractivity contribution in [3.8, 4) is 0 Å². The highest BCUT2D eigenvalue weighted by Gasteiger charge is 2.10. The monoisotopic (exact) mass is 204 g/mol. The highest BCUT2D eigenvalue weighted by atomic mass is 16.2. The van der Waals surface area contributed by atoms with Gasteiger partial charge in [0.25, 0.3) is 11.7 Å². The standard InChI is InChI=1S/C8H8N6O/c9-5-2-1-3-6(4-5)10-8(15)7-11-13-14-12-7/h1-4H,9H2,(H,10,15)(H,11,12,13,14). The number of hydrogen-bond acceptors (Lipinski definition) is 5. The molecule has 0 aliphatic carbocycles. The number of H-pyrrole nitrogens is 1. The summed E-state index contributed by atoms with van der Waals surface area (Å²) in [5.74, 6) is -0.452. The van der Waals surface area contributed by atoms with Crippen LogP contribution in [0, 0.1) is 0 Å². The van der Waals surface area contributed by atoms with E-state index >= 15 is 0 Å². The summed E-state index contributed by atoms with van der Waals surface area (Å²) in [7, 11) is 0. The number of tetrazole rings is 1. The minimum Gasteiger partial charge on any atom is -0.399 e. The van der Waals surface area contributed by atoms with E-state index in [2.05, 4.69) is 25.9 Å². The molecule has 7 heteroatoms. The Balaban J connectivity index is 2.13. The summed E-state index contributed by atoms with van der Waals surface area (Å²) in [5.41, 5.74) is 6.71. The molecular weight excluding hydrogens is 196 g/mol. The van der Waals surface area contributed by atoms with Crippen LogP contribution in [-0.2, 0) is 0 Å². The summed E-state index contributed by atoms with van der Waals surface area (Å²) in [6.07, 6.45) is 0. The number of rotatable bonds is 2. The van der Waals surface area contributed by atoms with Gasteiger partial charge in [-0.05, 0) is 23.4 Å². The zero-order valence-corrected chi connectivity index (χ0v) is 7.64. The molecule has 1 heterocycles. The molecule has 2 aromatic rings. The number of carbonyl (C=O) groups is 1. The van der Waals surface area contributed by atoms with E-state index in [1.54, 1.807) is 24.3 Å². The highest BCUT2D eigenvalue weighted by molar-refractivity contribution is 6.01. The van der Waals surface area contributed by atoms with Crippen LogP contribution in [0.3, 0.4) is 0 Å². The minimum absolute atomic E-state index is 0.0163. The van der Waals surface area contributed by atoms with Gasteiger partial charge in [-0.2, -0.15) is 5.21 Å². The third kappa shape index (κ3) is 2.08. The number of benzene rings is 1. The smallest absolute Gasteiger partial charge is 0.297 e. The number of carbonyl (C=O) groups excluding carboxylic acids is 1. The van der Waals surface area contributed by atoms with Crippen LogP contribution in [-0.4, -0.2) is 26.5 Å². The van der Waals surface area contributed by atoms with Gasteiger partial charge in [0, 0.05) is 11.4 Å². The van der Waals surface area contributed by atoms with Crippen molar-refractivity contribution in [3.63, 3.8) is 0 Å². The Morgan fingerprint density at radius 1 is 1.47 bits per heavy atom. The molecule has 7 nitrogen and oxygen atoms in total. The lowest BCUT2D eigenvalue weighted by Crippen LogP contribution is -2.13. The molecule has 0 spiro atoms. The molecule has 0 saturated carbocycles. The number of aromatic nitrogens is 4. The first-order chi connectivity index (χ1) is 7.25. The molecule has 15 heavy (non-hydrogen) atoms. The van der Waals surface area contributed by atoms with Gasteiger partial charge in [-0.3, -0.25) is 4.79 Å². The molecule has 4 N–H and O–H groups in total. The molecule has 1 aromatic heterocycles. The van der Waals surface area contributed by atoms with Crippen LogP contribution < -0.4 is 11.1 Å². The molecule has 0 aliphatic heterocycles. The molecule has 0 fully saturated rings. The molecule has 0 saturated heterocycles. The first-order valence-electron chi connectivity index (χ1n) is 4.16. The molecule has 1 amide bonds. The summed E-state index contributed by atoms with van der Waals surface area (Å²) in [6, 6.07) is 6.82. The van der Waals surface area contributed by atoms with E-state index in [9.17, 15) is 4.79 Å². The van der Waals surface area contributed by atoms with Crippen LogP contribution in [0.1, 0.15) is 10.6 Å². The van der Waals surface area contributed by atoms with Crippen molar-refractivity contribution in [2.45, 2.75) is 0 Å². The number of nitrogens with two attached hydrogens (primary N) is 1. The Morgan fingerprint density at radius 2 is 2.33 bits per heavy atom. The normalized spacial score (nSPS) is 9.87. The molecular formula is C8H8N6O. The van der Waals surface area contributed by atoms with Crippen molar-refractivity contribution >= 4 is 17.3 Å². The van der Waals surface area contributed by atoms with Gasteiger partial charge >= 0.3 is 0 Å². The van der Waals surface area contributed by atoms with Crippen molar-refractivity contribution in [3.05, 3.63) is 30.1 Å². The second-order valence-corrected chi connectivity index (χ2v) is 2.81. The summed E-state index contributed by atoms with van der Waals surface area (Å²) in [6.45, 7) is 0. The maximum Gasteiger partial charge on any atom is 0.297 e. The van der Waals surface area contributed by atoms with Gasteiger partial charge in [0.2, 0.25) is 0 Å². The van der Waals surface area contributed by atoms with Crippen molar-refractivity contribution < 1.29 is 4.79 Å². The van der Waals surface area contributed by atoms with Gasteiger partial charge in [0.15, 0.2) is 0 Å². The van der Waals surface area contributed by atoms with Gasteiger partial charge in [0.1, 0.15) is 0 Å². The third-order valence-electron chi connectivity index (χ3n) is 1.69. The largest absolute Gasteiger partial charge is 0.399 e. The van der Waals surface area contributed by atoms with Crippen LogP contribution >= 0.6 is 0 Å². The van der Waals surface area contributed by atoms with Crippen molar-refractivity contribution in [1.29, 1.82) is 0 Å². The zero-order chi connectivity index (χ0) is 10.7. The average Bonchev–Trinajstić information content (AvgIpc) is 2.70. The Morgan fingerprint density at radius 3 is 3.00 bits per heavy atom. The maximum atomic E-state index is 11.4. The molecule has 0 unspecified atom stereocenters. The fourth-order valence-electron chi connectivity index (χ4n) is 1.06. The average molecular weight is 204 g/mol. The molecule has 1 aromatic carbocycles. The summed E-state index contributed by atoms with van der Waals surface area (Å²) >= 11 is 0. The van der Waals surface area contributed by atoms with Gasteiger partial charge < -0.3 is 11.1 Å². The fraction of sp³-hybridized carbons (Fsp3) is 0. The molecule has 2 rings (SSSR count).